The lowest BCUT2D eigenvalue weighted by atomic mass is 10.3. The van der Waals surface area contributed by atoms with Crippen LogP contribution in [0.5, 0.6) is 0 Å². The SMILES string of the molecule is Cc1cc(NC(=O)CCN2CCN(S(=O)(=O)c3cccc([N+](=O)[O-])c3)CC2)no1. The Labute approximate surface area is 167 Å². The first-order chi connectivity index (χ1) is 13.8. The number of piperazine rings is 1. The molecule has 12 heteroatoms. The lowest BCUT2D eigenvalue weighted by molar-refractivity contribution is -0.385. The number of benzene rings is 1. The molecule has 0 bridgehead atoms. The third-order valence-electron chi connectivity index (χ3n) is 4.55. The summed E-state index contributed by atoms with van der Waals surface area (Å²) in [6.07, 6.45) is 0.240. The van der Waals surface area contributed by atoms with Crippen LogP contribution in [-0.4, -0.2) is 66.3 Å². The smallest absolute Gasteiger partial charge is 0.270 e. The molecule has 1 aromatic carbocycles. The summed E-state index contributed by atoms with van der Waals surface area (Å²) < 4.78 is 31.7. The highest BCUT2D eigenvalue weighted by atomic mass is 32.2. The third kappa shape index (κ3) is 5.16. The molecule has 11 nitrogen and oxygen atoms in total. The van der Waals surface area contributed by atoms with E-state index in [1.54, 1.807) is 13.0 Å². The Morgan fingerprint density at radius 2 is 2.00 bits per heavy atom. The molecule has 3 rings (SSSR count). The molecule has 0 saturated carbocycles. The molecule has 1 aliphatic rings. The average molecular weight is 423 g/mol. The number of anilines is 1. The van der Waals surface area contributed by atoms with E-state index in [1.807, 2.05) is 4.90 Å². The second-order valence-electron chi connectivity index (χ2n) is 6.62. The van der Waals surface area contributed by atoms with Crippen LogP contribution in [0.25, 0.3) is 0 Å². The molecule has 29 heavy (non-hydrogen) atoms. The minimum absolute atomic E-state index is 0.0950. The number of nitro groups is 1. The Balaban J connectivity index is 1.51. The highest BCUT2D eigenvalue weighted by Crippen LogP contribution is 2.22. The van der Waals surface area contributed by atoms with Crippen LogP contribution in [0.3, 0.4) is 0 Å². The summed E-state index contributed by atoms with van der Waals surface area (Å²) in [5.74, 6) is 0.756. The summed E-state index contributed by atoms with van der Waals surface area (Å²) in [6, 6.07) is 6.65. The van der Waals surface area contributed by atoms with Crippen LogP contribution < -0.4 is 5.32 Å². The number of hydrogen-bond donors (Lipinski definition) is 1. The maximum absolute atomic E-state index is 12.7. The Morgan fingerprint density at radius 3 is 2.62 bits per heavy atom. The van der Waals surface area contributed by atoms with Crippen LogP contribution >= 0.6 is 0 Å². The summed E-state index contributed by atoms with van der Waals surface area (Å²) in [6.45, 7) is 3.62. The van der Waals surface area contributed by atoms with E-state index in [9.17, 15) is 23.3 Å². The normalized spacial score (nSPS) is 15.9. The van der Waals surface area contributed by atoms with Gasteiger partial charge in [0, 0.05) is 57.3 Å². The van der Waals surface area contributed by atoms with Crippen molar-refractivity contribution in [3.8, 4) is 0 Å². The summed E-state index contributed by atoms with van der Waals surface area (Å²) in [5, 5.41) is 17.2. The molecular formula is C17H21N5O6S. The number of carbonyl (C=O) groups excluding carboxylic acids is 1. The van der Waals surface area contributed by atoms with Crippen molar-refractivity contribution in [1.82, 2.24) is 14.4 Å². The number of rotatable bonds is 7. The lowest BCUT2D eigenvalue weighted by Gasteiger charge is -2.33. The Kier molecular flexibility index (Phi) is 6.25. The van der Waals surface area contributed by atoms with E-state index in [-0.39, 0.29) is 36.0 Å². The monoisotopic (exact) mass is 423 g/mol. The van der Waals surface area contributed by atoms with E-state index in [0.29, 0.717) is 31.2 Å². The number of carbonyl (C=O) groups is 1. The van der Waals surface area contributed by atoms with Gasteiger partial charge < -0.3 is 14.7 Å². The minimum atomic E-state index is -3.81. The number of non-ortho nitro benzene ring substituents is 1. The van der Waals surface area contributed by atoms with Gasteiger partial charge in [0.25, 0.3) is 5.69 Å². The van der Waals surface area contributed by atoms with Crippen LogP contribution in [0.15, 0.2) is 39.8 Å². The van der Waals surface area contributed by atoms with E-state index in [1.165, 1.54) is 22.5 Å². The van der Waals surface area contributed by atoms with Gasteiger partial charge in [0.05, 0.1) is 9.82 Å². The van der Waals surface area contributed by atoms with Crippen molar-refractivity contribution in [3.63, 3.8) is 0 Å². The maximum Gasteiger partial charge on any atom is 0.270 e. The molecule has 2 heterocycles. The summed E-state index contributed by atoms with van der Waals surface area (Å²) in [7, 11) is -3.81. The number of aryl methyl sites for hydroxylation is 1. The number of nitro benzene ring substituents is 1. The van der Waals surface area contributed by atoms with Crippen LogP contribution in [0.1, 0.15) is 12.2 Å². The summed E-state index contributed by atoms with van der Waals surface area (Å²) >= 11 is 0. The number of nitrogens with zero attached hydrogens (tertiary/aromatic N) is 4. The molecule has 1 saturated heterocycles. The van der Waals surface area contributed by atoms with Gasteiger partial charge in [0.1, 0.15) is 5.76 Å². The molecule has 0 spiro atoms. The second-order valence-corrected chi connectivity index (χ2v) is 8.56. The maximum atomic E-state index is 12.7. The number of sulfonamides is 1. The second kappa shape index (κ2) is 8.68. The largest absolute Gasteiger partial charge is 0.360 e. The molecule has 0 radical (unpaired) electrons. The molecule has 1 amide bonds. The lowest BCUT2D eigenvalue weighted by Crippen LogP contribution is -2.49. The fourth-order valence-electron chi connectivity index (χ4n) is 2.99. The molecule has 0 aliphatic carbocycles. The molecule has 1 aliphatic heterocycles. The third-order valence-corrected chi connectivity index (χ3v) is 6.44. The highest BCUT2D eigenvalue weighted by molar-refractivity contribution is 7.89. The van der Waals surface area contributed by atoms with Crippen LogP contribution in [0, 0.1) is 17.0 Å². The molecule has 0 unspecified atom stereocenters. The van der Waals surface area contributed by atoms with E-state index in [4.69, 9.17) is 4.52 Å². The van der Waals surface area contributed by atoms with Gasteiger partial charge in [-0.3, -0.25) is 14.9 Å². The number of aromatic nitrogens is 1. The first-order valence-corrected chi connectivity index (χ1v) is 10.4. The van der Waals surface area contributed by atoms with Gasteiger partial charge in [-0.25, -0.2) is 8.42 Å². The molecule has 1 N–H and O–H groups in total. The first-order valence-electron chi connectivity index (χ1n) is 8.96. The minimum Gasteiger partial charge on any atom is -0.360 e. The fourth-order valence-corrected chi connectivity index (χ4v) is 4.45. The first kappa shape index (κ1) is 20.9. The Bertz CT molecular complexity index is 997. The van der Waals surface area contributed by atoms with E-state index in [0.717, 1.165) is 6.07 Å². The van der Waals surface area contributed by atoms with E-state index in [2.05, 4.69) is 10.5 Å². The number of nitrogens with one attached hydrogen (secondary N) is 1. The van der Waals surface area contributed by atoms with Gasteiger partial charge in [0.15, 0.2) is 5.82 Å². The van der Waals surface area contributed by atoms with Crippen molar-refractivity contribution < 1.29 is 22.7 Å². The van der Waals surface area contributed by atoms with E-state index < -0.39 is 14.9 Å². The molecule has 1 aromatic heterocycles. The number of amides is 1. The molecule has 156 valence electrons. The van der Waals surface area contributed by atoms with Crippen molar-refractivity contribution >= 4 is 27.4 Å². The Hall–Kier alpha value is -2.83. The van der Waals surface area contributed by atoms with Gasteiger partial charge in [-0.2, -0.15) is 4.31 Å². The average Bonchev–Trinajstić information content (AvgIpc) is 3.11. The highest BCUT2D eigenvalue weighted by Gasteiger charge is 2.29. The van der Waals surface area contributed by atoms with E-state index >= 15 is 0 Å². The number of hydrogen-bond acceptors (Lipinski definition) is 8. The van der Waals surface area contributed by atoms with Crippen LogP contribution in [-0.2, 0) is 14.8 Å². The predicted octanol–water partition coefficient (Wildman–Crippen LogP) is 1.23. The zero-order chi connectivity index (χ0) is 21.0. The van der Waals surface area contributed by atoms with Crippen molar-refractivity contribution in [3.05, 3.63) is 46.2 Å². The summed E-state index contributed by atoms with van der Waals surface area (Å²) in [5.41, 5.74) is -0.266. The molecule has 2 aromatic rings. The zero-order valence-electron chi connectivity index (χ0n) is 15.8. The molecule has 1 fully saturated rings. The standard InChI is InChI=1S/C17H21N5O6S/c1-13-11-16(19-28-13)18-17(23)5-6-20-7-9-21(10-8-20)29(26,27)15-4-2-3-14(12-15)22(24)25/h2-4,11-12H,5-10H2,1H3,(H,18,19,23). The Morgan fingerprint density at radius 1 is 1.28 bits per heavy atom. The topological polar surface area (TPSA) is 139 Å². The van der Waals surface area contributed by atoms with Gasteiger partial charge in [-0.05, 0) is 13.0 Å². The zero-order valence-corrected chi connectivity index (χ0v) is 16.6. The van der Waals surface area contributed by atoms with Gasteiger partial charge in [-0.15, -0.1) is 0 Å². The van der Waals surface area contributed by atoms with Gasteiger partial charge in [0.2, 0.25) is 15.9 Å². The fraction of sp³-hybridized carbons (Fsp3) is 0.412. The predicted molar refractivity (Wildman–Crippen MR) is 103 cm³/mol. The van der Waals surface area contributed by atoms with Crippen molar-refractivity contribution in [2.75, 3.05) is 38.0 Å². The molecular weight excluding hydrogens is 402 g/mol. The van der Waals surface area contributed by atoms with Crippen LogP contribution in [0.4, 0.5) is 11.5 Å². The van der Waals surface area contributed by atoms with Crippen LogP contribution in [0.2, 0.25) is 0 Å². The van der Waals surface area contributed by atoms with Crippen molar-refractivity contribution in [1.29, 1.82) is 0 Å². The van der Waals surface area contributed by atoms with Gasteiger partial charge >= 0.3 is 0 Å². The quantitative estimate of drug-likeness (QED) is 0.518. The van der Waals surface area contributed by atoms with Crippen molar-refractivity contribution in [2.24, 2.45) is 0 Å². The molecule has 0 atom stereocenters. The van der Waals surface area contributed by atoms with Gasteiger partial charge in [-0.1, -0.05) is 11.2 Å². The van der Waals surface area contributed by atoms with Crippen molar-refractivity contribution in [2.45, 2.75) is 18.2 Å². The summed E-state index contributed by atoms with van der Waals surface area (Å²) in [4.78, 5) is 24.1.